The van der Waals surface area contributed by atoms with Crippen molar-refractivity contribution in [2.75, 3.05) is 0 Å². The minimum Gasteiger partial charge on any atom is -0.375 e. The van der Waals surface area contributed by atoms with Crippen molar-refractivity contribution in [1.82, 2.24) is 5.43 Å². The molecule has 0 bridgehead atoms. The summed E-state index contributed by atoms with van der Waals surface area (Å²) in [4.78, 5) is 0. The summed E-state index contributed by atoms with van der Waals surface area (Å²) in [6.07, 6.45) is 2.20. The van der Waals surface area contributed by atoms with E-state index in [0.29, 0.717) is 5.92 Å². The zero-order valence-electron chi connectivity index (χ0n) is 7.92. The first kappa shape index (κ1) is 11.4. The Balaban J connectivity index is 4.04. The van der Waals surface area contributed by atoms with Gasteiger partial charge in [-0.3, -0.25) is 5.43 Å². The number of nitrogens with one attached hydrogen (secondary N) is 1. The van der Waals surface area contributed by atoms with Gasteiger partial charge in [0.05, 0.1) is 0 Å². The molecule has 0 aliphatic rings. The molecule has 0 aromatic carbocycles. The molecule has 3 N–H and O–H groups in total. The van der Waals surface area contributed by atoms with Crippen molar-refractivity contribution in [3.8, 4) is 0 Å². The largest absolute Gasteiger partial charge is 0.375 e. The summed E-state index contributed by atoms with van der Waals surface area (Å²) in [5.74, 6) is 0.534. The first-order valence-corrected chi connectivity index (χ1v) is 4.62. The molecule has 0 spiro atoms. The van der Waals surface area contributed by atoms with Gasteiger partial charge in [0, 0.05) is 5.71 Å². The Hall–Kier alpha value is -0.640. The molecule has 0 radical (unpaired) electrons. The molecular formula is C8H17N3S. The number of hydrogen-bond donors (Lipinski definition) is 2. The van der Waals surface area contributed by atoms with Crippen molar-refractivity contribution in [1.29, 1.82) is 0 Å². The summed E-state index contributed by atoms with van der Waals surface area (Å²) in [6.45, 7) is 6.28. The molecule has 12 heavy (non-hydrogen) atoms. The predicted octanol–water partition coefficient (Wildman–Crippen LogP) is 1.63. The Kier molecular flexibility index (Phi) is 5.62. The normalized spacial score (nSPS) is 11.8. The van der Waals surface area contributed by atoms with Crippen LogP contribution in [-0.4, -0.2) is 10.8 Å². The first-order chi connectivity index (χ1) is 5.61. The van der Waals surface area contributed by atoms with Gasteiger partial charge in [-0.15, -0.1) is 0 Å². The van der Waals surface area contributed by atoms with E-state index in [-0.39, 0.29) is 5.11 Å². The summed E-state index contributed by atoms with van der Waals surface area (Å²) in [7, 11) is 0. The van der Waals surface area contributed by atoms with E-state index in [0.717, 1.165) is 18.6 Å². The van der Waals surface area contributed by atoms with E-state index in [1.807, 2.05) is 6.92 Å². The molecule has 70 valence electrons. The van der Waals surface area contributed by atoms with E-state index in [9.17, 15) is 0 Å². The third kappa shape index (κ3) is 4.28. The molecule has 0 saturated heterocycles. The molecule has 0 saturated carbocycles. The van der Waals surface area contributed by atoms with E-state index in [2.05, 4.69) is 36.6 Å². The van der Waals surface area contributed by atoms with Crippen LogP contribution in [-0.2, 0) is 0 Å². The number of hydrogen-bond acceptors (Lipinski definition) is 2. The van der Waals surface area contributed by atoms with Crippen molar-refractivity contribution in [3.05, 3.63) is 0 Å². The number of rotatable bonds is 4. The predicted molar refractivity (Wildman–Crippen MR) is 57.1 cm³/mol. The lowest BCUT2D eigenvalue weighted by Crippen LogP contribution is -2.26. The van der Waals surface area contributed by atoms with Gasteiger partial charge in [0.1, 0.15) is 0 Å². The van der Waals surface area contributed by atoms with Gasteiger partial charge in [-0.25, -0.2) is 0 Å². The Morgan fingerprint density at radius 1 is 1.50 bits per heavy atom. The highest BCUT2D eigenvalue weighted by Crippen LogP contribution is 2.08. The second-order valence-electron chi connectivity index (χ2n) is 2.74. The molecule has 0 aliphatic heterocycles. The van der Waals surface area contributed by atoms with E-state index in [1.165, 1.54) is 0 Å². The fourth-order valence-corrected chi connectivity index (χ4v) is 1.16. The quantitative estimate of drug-likeness (QED) is 0.399. The van der Waals surface area contributed by atoms with Crippen LogP contribution in [0.5, 0.6) is 0 Å². The van der Waals surface area contributed by atoms with Gasteiger partial charge in [0.2, 0.25) is 0 Å². The van der Waals surface area contributed by atoms with Crippen LogP contribution in [0.3, 0.4) is 0 Å². The topological polar surface area (TPSA) is 50.4 Å². The van der Waals surface area contributed by atoms with Crippen molar-refractivity contribution in [2.24, 2.45) is 16.8 Å². The number of nitrogens with two attached hydrogens (primary N) is 1. The Morgan fingerprint density at radius 3 is 2.33 bits per heavy atom. The van der Waals surface area contributed by atoms with Crippen molar-refractivity contribution >= 4 is 23.0 Å². The third-order valence-electron chi connectivity index (χ3n) is 1.92. The third-order valence-corrected chi connectivity index (χ3v) is 2.01. The summed E-state index contributed by atoms with van der Waals surface area (Å²) in [6, 6.07) is 0. The van der Waals surface area contributed by atoms with Crippen molar-refractivity contribution < 1.29 is 0 Å². The van der Waals surface area contributed by atoms with E-state index >= 15 is 0 Å². The maximum absolute atomic E-state index is 5.24. The lowest BCUT2D eigenvalue weighted by Gasteiger charge is -2.11. The van der Waals surface area contributed by atoms with Gasteiger partial charge < -0.3 is 5.73 Å². The monoisotopic (exact) mass is 187 g/mol. The van der Waals surface area contributed by atoms with Gasteiger partial charge in [-0.2, -0.15) is 5.10 Å². The second kappa shape index (κ2) is 5.94. The summed E-state index contributed by atoms with van der Waals surface area (Å²) < 4.78 is 0. The van der Waals surface area contributed by atoms with Crippen LogP contribution >= 0.6 is 12.2 Å². The van der Waals surface area contributed by atoms with Crippen LogP contribution in [0.2, 0.25) is 0 Å². The highest BCUT2D eigenvalue weighted by atomic mass is 32.1. The van der Waals surface area contributed by atoms with Gasteiger partial charge in [-0.05, 0) is 37.9 Å². The molecule has 3 nitrogen and oxygen atoms in total. The molecule has 0 heterocycles. The summed E-state index contributed by atoms with van der Waals surface area (Å²) in [5.41, 5.74) is 8.89. The Morgan fingerprint density at radius 2 is 2.00 bits per heavy atom. The van der Waals surface area contributed by atoms with Gasteiger partial charge in [-0.1, -0.05) is 13.8 Å². The molecule has 0 aliphatic carbocycles. The van der Waals surface area contributed by atoms with Crippen LogP contribution in [0.4, 0.5) is 0 Å². The fraction of sp³-hybridized carbons (Fsp3) is 0.750. The van der Waals surface area contributed by atoms with Crippen LogP contribution in [0.1, 0.15) is 33.6 Å². The van der Waals surface area contributed by atoms with E-state index < -0.39 is 0 Å². The molecule has 0 unspecified atom stereocenters. The molecule has 0 aromatic heterocycles. The number of hydrazone groups is 1. The van der Waals surface area contributed by atoms with Gasteiger partial charge in [0.25, 0.3) is 0 Å². The minimum atomic E-state index is 0.223. The average Bonchev–Trinajstić information content (AvgIpc) is 2.03. The lowest BCUT2D eigenvalue weighted by atomic mass is 9.99. The van der Waals surface area contributed by atoms with E-state index in [4.69, 9.17) is 5.73 Å². The molecule has 0 fully saturated rings. The smallest absolute Gasteiger partial charge is 0.184 e. The van der Waals surface area contributed by atoms with Crippen molar-refractivity contribution in [3.63, 3.8) is 0 Å². The fourth-order valence-electron chi connectivity index (χ4n) is 1.11. The maximum Gasteiger partial charge on any atom is 0.184 e. The SMILES string of the molecule is CCC(CC)/C(C)=N\NC(N)=S. The summed E-state index contributed by atoms with van der Waals surface area (Å²) in [5, 5.41) is 4.29. The highest BCUT2D eigenvalue weighted by Gasteiger charge is 2.06. The first-order valence-electron chi connectivity index (χ1n) is 4.21. The van der Waals surface area contributed by atoms with Gasteiger partial charge in [0.15, 0.2) is 5.11 Å². The zero-order chi connectivity index (χ0) is 9.56. The Labute approximate surface area is 79.4 Å². The van der Waals surface area contributed by atoms with E-state index in [1.54, 1.807) is 0 Å². The molecule has 0 atom stereocenters. The molecule has 0 amide bonds. The van der Waals surface area contributed by atoms with Crippen LogP contribution in [0.15, 0.2) is 5.10 Å². The van der Waals surface area contributed by atoms with Crippen molar-refractivity contribution in [2.45, 2.75) is 33.6 Å². The van der Waals surface area contributed by atoms with Gasteiger partial charge >= 0.3 is 0 Å². The molecule has 0 rings (SSSR count). The lowest BCUT2D eigenvalue weighted by molar-refractivity contribution is 0.635. The minimum absolute atomic E-state index is 0.223. The number of thiocarbonyl (C=S) groups is 1. The van der Waals surface area contributed by atoms with Crippen LogP contribution in [0.25, 0.3) is 0 Å². The maximum atomic E-state index is 5.24. The molecular weight excluding hydrogens is 170 g/mol. The summed E-state index contributed by atoms with van der Waals surface area (Å²) >= 11 is 4.63. The van der Waals surface area contributed by atoms with Crippen LogP contribution < -0.4 is 11.2 Å². The average molecular weight is 187 g/mol. The zero-order valence-corrected chi connectivity index (χ0v) is 8.74. The Bertz CT molecular complexity index is 173. The molecule has 4 heteroatoms. The molecule has 0 aromatic rings. The highest BCUT2D eigenvalue weighted by molar-refractivity contribution is 7.80. The second-order valence-corrected chi connectivity index (χ2v) is 3.18. The van der Waals surface area contributed by atoms with Crippen LogP contribution in [0, 0.1) is 5.92 Å². The standard InChI is InChI=1S/C8H17N3S/c1-4-7(5-2)6(3)10-11-8(9)12/h7H,4-5H2,1-3H3,(H3,9,11,12)/b10-6-. The number of nitrogens with zero attached hydrogens (tertiary/aromatic N) is 1.